The second kappa shape index (κ2) is 5.56. The Morgan fingerprint density at radius 2 is 2.00 bits per heavy atom. The fraction of sp³-hybridized carbons (Fsp3) is 0.833. The molecule has 6 nitrogen and oxygen atoms in total. The van der Waals surface area contributed by atoms with Crippen LogP contribution in [0.25, 0.3) is 0 Å². The smallest absolute Gasteiger partial charge is 0.408 e. The van der Waals surface area contributed by atoms with E-state index >= 15 is 0 Å². The van der Waals surface area contributed by atoms with Crippen LogP contribution >= 0.6 is 0 Å². The van der Waals surface area contributed by atoms with Crippen LogP contribution in [0.1, 0.15) is 34.1 Å². The molecule has 0 spiro atoms. The third-order valence-corrected chi connectivity index (χ3v) is 2.31. The Labute approximate surface area is 107 Å². The minimum atomic E-state index is -0.628. The summed E-state index contributed by atoms with van der Waals surface area (Å²) < 4.78 is 15.1. The molecule has 104 valence electrons. The summed E-state index contributed by atoms with van der Waals surface area (Å²) in [7, 11) is 0. The van der Waals surface area contributed by atoms with Crippen LogP contribution in [0.3, 0.4) is 0 Å². The molecule has 1 amide bonds. The molecule has 0 aliphatic carbocycles. The lowest BCUT2D eigenvalue weighted by Gasteiger charge is -2.19. The van der Waals surface area contributed by atoms with Crippen LogP contribution in [-0.2, 0) is 19.0 Å². The largest absolute Gasteiger partial charge is 0.464 e. The van der Waals surface area contributed by atoms with Gasteiger partial charge in [0, 0.05) is 6.42 Å². The van der Waals surface area contributed by atoms with Crippen LogP contribution in [0.4, 0.5) is 4.79 Å². The number of carbonyl (C=O) groups is 2. The van der Waals surface area contributed by atoms with E-state index in [0.29, 0.717) is 19.6 Å². The molecule has 1 unspecified atom stereocenters. The first kappa shape index (κ1) is 14.8. The number of esters is 1. The summed E-state index contributed by atoms with van der Waals surface area (Å²) in [6, 6.07) is 0. The Kier molecular flexibility index (Phi) is 4.56. The van der Waals surface area contributed by atoms with E-state index in [1.807, 2.05) is 6.92 Å². The number of ether oxygens (including phenoxy) is 3. The number of epoxide rings is 1. The fourth-order valence-electron chi connectivity index (χ4n) is 1.16. The van der Waals surface area contributed by atoms with E-state index < -0.39 is 17.7 Å². The van der Waals surface area contributed by atoms with Crippen molar-refractivity contribution in [3.05, 3.63) is 0 Å². The summed E-state index contributed by atoms with van der Waals surface area (Å²) in [4.78, 5) is 22.5. The number of carbonyl (C=O) groups excluding carboxylic acids is 2. The maximum Gasteiger partial charge on any atom is 0.408 e. The van der Waals surface area contributed by atoms with Gasteiger partial charge in [0.25, 0.3) is 0 Å². The van der Waals surface area contributed by atoms with Crippen molar-refractivity contribution in [2.24, 2.45) is 0 Å². The number of amides is 1. The topological polar surface area (TPSA) is 77.2 Å². The van der Waals surface area contributed by atoms with Gasteiger partial charge in [-0.1, -0.05) is 0 Å². The highest BCUT2D eigenvalue weighted by Crippen LogP contribution is 2.29. The lowest BCUT2D eigenvalue weighted by Crippen LogP contribution is -2.36. The fourth-order valence-corrected chi connectivity index (χ4v) is 1.16. The average molecular weight is 259 g/mol. The molecule has 1 atom stereocenters. The molecular weight excluding hydrogens is 238 g/mol. The molecule has 1 rings (SSSR count). The Morgan fingerprint density at radius 1 is 1.39 bits per heavy atom. The number of nitrogens with one attached hydrogen (secondary N) is 1. The van der Waals surface area contributed by atoms with Crippen LogP contribution in [0.15, 0.2) is 0 Å². The monoisotopic (exact) mass is 259 g/mol. The highest BCUT2D eigenvalue weighted by molar-refractivity contribution is 5.77. The van der Waals surface area contributed by atoms with E-state index in [4.69, 9.17) is 14.2 Å². The molecule has 0 aromatic heterocycles. The molecule has 18 heavy (non-hydrogen) atoms. The third-order valence-electron chi connectivity index (χ3n) is 2.31. The maximum absolute atomic E-state index is 11.3. The van der Waals surface area contributed by atoms with E-state index in [1.54, 1.807) is 20.8 Å². The van der Waals surface area contributed by atoms with Crippen LogP contribution < -0.4 is 5.32 Å². The molecule has 0 bridgehead atoms. The molecule has 0 radical (unpaired) electrons. The molecule has 0 aromatic rings. The minimum Gasteiger partial charge on any atom is -0.464 e. The van der Waals surface area contributed by atoms with Crippen molar-refractivity contribution in [1.82, 2.24) is 5.32 Å². The van der Waals surface area contributed by atoms with Gasteiger partial charge in [-0.25, -0.2) is 4.79 Å². The lowest BCUT2D eigenvalue weighted by atomic mass is 10.1. The lowest BCUT2D eigenvalue weighted by molar-refractivity contribution is -0.142. The molecule has 1 aliphatic heterocycles. The van der Waals surface area contributed by atoms with Crippen molar-refractivity contribution in [2.45, 2.75) is 45.3 Å². The highest BCUT2D eigenvalue weighted by atomic mass is 16.6. The molecule has 1 aliphatic rings. The van der Waals surface area contributed by atoms with Crippen molar-refractivity contribution in [1.29, 1.82) is 0 Å². The van der Waals surface area contributed by atoms with E-state index in [1.165, 1.54) is 0 Å². The van der Waals surface area contributed by atoms with Gasteiger partial charge in [-0.2, -0.15) is 0 Å². The van der Waals surface area contributed by atoms with Gasteiger partial charge >= 0.3 is 12.1 Å². The van der Waals surface area contributed by atoms with Crippen LogP contribution in [0.5, 0.6) is 0 Å². The minimum absolute atomic E-state index is 0.126. The second-order valence-corrected chi connectivity index (χ2v) is 5.56. The maximum atomic E-state index is 11.3. The van der Waals surface area contributed by atoms with Gasteiger partial charge in [0.05, 0.1) is 18.8 Å². The first-order chi connectivity index (χ1) is 8.20. The van der Waals surface area contributed by atoms with Gasteiger partial charge < -0.3 is 19.5 Å². The summed E-state index contributed by atoms with van der Waals surface area (Å²) in [6.07, 6.45) is 0.0440. The predicted octanol–water partition coefficient (Wildman–Crippen LogP) is 1.23. The van der Waals surface area contributed by atoms with E-state index in [2.05, 4.69) is 5.32 Å². The quantitative estimate of drug-likeness (QED) is 0.593. The molecule has 0 aromatic carbocycles. The zero-order valence-corrected chi connectivity index (χ0v) is 11.4. The molecule has 1 N–H and O–H groups in total. The van der Waals surface area contributed by atoms with Crippen molar-refractivity contribution < 1.29 is 23.8 Å². The van der Waals surface area contributed by atoms with Crippen LogP contribution in [-0.4, -0.2) is 43.0 Å². The average Bonchev–Trinajstić information content (AvgIpc) is 2.91. The molecule has 1 heterocycles. The van der Waals surface area contributed by atoms with E-state index in [0.717, 1.165) is 0 Å². The molecule has 6 heteroatoms. The number of hydrogen-bond donors (Lipinski definition) is 1. The summed E-state index contributed by atoms with van der Waals surface area (Å²) in [5.41, 5.74) is -0.704. The van der Waals surface area contributed by atoms with Crippen LogP contribution in [0, 0.1) is 0 Å². The van der Waals surface area contributed by atoms with Crippen molar-refractivity contribution in [3.63, 3.8) is 0 Å². The van der Waals surface area contributed by atoms with Gasteiger partial charge in [-0.15, -0.1) is 0 Å². The Morgan fingerprint density at radius 3 is 2.50 bits per heavy atom. The Hall–Kier alpha value is -1.30. The van der Waals surface area contributed by atoms with Crippen molar-refractivity contribution in [2.75, 3.05) is 19.8 Å². The van der Waals surface area contributed by atoms with Crippen molar-refractivity contribution in [3.8, 4) is 0 Å². The summed E-state index contributed by atoms with van der Waals surface area (Å²) in [6.45, 7) is 8.03. The Balaban J connectivity index is 2.07. The molecular formula is C12H21NO5. The van der Waals surface area contributed by atoms with Gasteiger partial charge in [0.2, 0.25) is 0 Å². The summed E-state index contributed by atoms with van der Waals surface area (Å²) >= 11 is 0. The van der Waals surface area contributed by atoms with Gasteiger partial charge in [0.1, 0.15) is 12.1 Å². The normalized spacial score (nSPS) is 22.2. The number of hydrogen-bond acceptors (Lipinski definition) is 5. The molecule has 1 saturated heterocycles. The predicted molar refractivity (Wildman–Crippen MR) is 64.2 cm³/mol. The van der Waals surface area contributed by atoms with Gasteiger partial charge in [-0.05, 0) is 27.7 Å². The SMILES string of the molecule is CC(C)(C)OC(=O)NCC(=O)OCCC1(C)CO1. The number of alkyl carbamates (subject to hydrolysis) is 1. The van der Waals surface area contributed by atoms with Gasteiger partial charge in [0.15, 0.2) is 0 Å². The highest BCUT2D eigenvalue weighted by Gasteiger charge is 2.38. The van der Waals surface area contributed by atoms with Gasteiger partial charge in [-0.3, -0.25) is 4.79 Å². The summed E-state index contributed by atoms with van der Waals surface area (Å²) in [5.74, 6) is -0.481. The van der Waals surface area contributed by atoms with Crippen molar-refractivity contribution >= 4 is 12.1 Å². The zero-order chi connectivity index (χ0) is 13.8. The van der Waals surface area contributed by atoms with E-state index in [9.17, 15) is 9.59 Å². The number of rotatable bonds is 5. The first-order valence-electron chi connectivity index (χ1n) is 5.97. The third kappa shape index (κ3) is 6.44. The van der Waals surface area contributed by atoms with Crippen LogP contribution in [0.2, 0.25) is 0 Å². The first-order valence-corrected chi connectivity index (χ1v) is 5.97. The zero-order valence-electron chi connectivity index (χ0n) is 11.4. The second-order valence-electron chi connectivity index (χ2n) is 5.56. The van der Waals surface area contributed by atoms with E-state index in [-0.39, 0.29) is 12.1 Å². The summed E-state index contributed by atoms with van der Waals surface area (Å²) in [5, 5.41) is 2.34. The molecule has 0 saturated carbocycles. The standard InChI is InChI=1S/C12H21NO5/c1-11(2,3)18-10(15)13-7-9(14)16-6-5-12(4)8-17-12/h5-8H2,1-4H3,(H,13,15). The molecule has 1 fully saturated rings. The Bertz CT molecular complexity index is 317.